The van der Waals surface area contributed by atoms with Crippen LogP contribution in [-0.4, -0.2) is 27.0 Å². The molecular weight excluding hydrogens is 574 g/mol. The lowest BCUT2D eigenvalue weighted by molar-refractivity contribution is -0.132. The summed E-state index contributed by atoms with van der Waals surface area (Å²) in [5.74, 6) is -1.12. The lowest BCUT2D eigenvalue weighted by Crippen LogP contribution is -2.29. The second-order valence-electron chi connectivity index (χ2n) is 11.1. The molecule has 3 aromatic carbocycles. The van der Waals surface area contributed by atoms with Gasteiger partial charge in [-0.1, -0.05) is 116 Å². The highest BCUT2D eigenvalue weighted by molar-refractivity contribution is 8.00. The molecule has 0 radical (unpaired) electrons. The van der Waals surface area contributed by atoms with Crippen LogP contribution in [0.4, 0.5) is 5.13 Å². The normalized spacial score (nSPS) is 16.9. The molecule has 0 saturated carbocycles. The number of Topliss-reactive ketones (excluding diaryl/α,β-unsaturated/α-hetero) is 1. The van der Waals surface area contributed by atoms with E-state index in [1.54, 1.807) is 0 Å². The van der Waals surface area contributed by atoms with Crippen molar-refractivity contribution in [3.63, 3.8) is 0 Å². The predicted octanol–water partition coefficient (Wildman–Crippen LogP) is 8.02. The summed E-state index contributed by atoms with van der Waals surface area (Å²) in [5, 5.41) is 21.1. The number of carbonyl (C=O) groups excluding carboxylic acids is 2. The van der Waals surface area contributed by atoms with Crippen LogP contribution < -0.4 is 4.90 Å². The Labute approximate surface area is 253 Å². The monoisotopic (exact) mass is 603 g/mol. The molecule has 1 aromatic heterocycles. The van der Waals surface area contributed by atoms with Crippen LogP contribution in [-0.2, 0) is 20.8 Å². The van der Waals surface area contributed by atoms with Gasteiger partial charge in [0.2, 0.25) is 5.13 Å². The van der Waals surface area contributed by atoms with Crippen molar-refractivity contribution in [2.45, 2.75) is 56.2 Å². The van der Waals surface area contributed by atoms with Crippen molar-refractivity contribution in [3.8, 4) is 0 Å². The maximum Gasteiger partial charge on any atom is 0.301 e. The van der Waals surface area contributed by atoms with Crippen molar-refractivity contribution in [1.29, 1.82) is 0 Å². The number of aromatic nitrogens is 2. The van der Waals surface area contributed by atoms with E-state index in [0.717, 1.165) is 22.3 Å². The number of aliphatic hydroxyl groups is 1. The molecule has 5 rings (SSSR count). The number of hydrogen-bond acceptors (Lipinski definition) is 7. The topological polar surface area (TPSA) is 83.4 Å². The summed E-state index contributed by atoms with van der Waals surface area (Å²) in [5.41, 5.74) is 4.99. The van der Waals surface area contributed by atoms with Crippen molar-refractivity contribution < 1.29 is 14.7 Å². The zero-order valence-corrected chi connectivity index (χ0v) is 25.8. The van der Waals surface area contributed by atoms with E-state index in [4.69, 9.17) is 11.6 Å². The Morgan fingerprint density at radius 3 is 2.41 bits per heavy atom. The summed E-state index contributed by atoms with van der Waals surface area (Å²) in [6.07, 6.45) is 0. The largest absolute Gasteiger partial charge is 0.507 e. The summed E-state index contributed by atoms with van der Waals surface area (Å²) >= 11 is 9.00. The molecule has 6 nitrogen and oxygen atoms in total. The Morgan fingerprint density at radius 2 is 1.73 bits per heavy atom. The molecule has 1 unspecified atom stereocenters. The summed E-state index contributed by atoms with van der Waals surface area (Å²) in [6.45, 7) is 10.2. The molecule has 41 heavy (non-hydrogen) atoms. The van der Waals surface area contributed by atoms with Crippen LogP contribution >= 0.6 is 34.7 Å². The van der Waals surface area contributed by atoms with Gasteiger partial charge >= 0.3 is 5.91 Å². The molecule has 1 amide bonds. The number of benzene rings is 3. The van der Waals surface area contributed by atoms with E-state index in [2.05, 4.69) is 31.0 Å². The summed E-state index contributed by atoms with van der Waals surface area (Å²) in [7, 11) is 0. The predicted molar refractivity (Wildman–Crippen MR) is 167 cm³/mol. The zero-order valence-electron chi connectivity index (χ0n) is 23.4. The minimum atomic E-state index is -0.863. The van der Waals surface area contributed by atoms with Gasteiger partial charge in [0, 0.05) is 16.3 Å². The molecule has 0 spiro atoms. The fourth-order valence-corrected chi connectivity index (χ4v) is 6.91. The first-order chi connectivity index (χ1) is 19.5. The van der Waals surface area contributed by atoms with E-state index in [1.807, 2.05) is 80.6 Å². The molecule has 1 fully saturated rings. The Balaban J connectivity index is 1.59. The highest BCUT2D eigenvalue weighted by Gasteiger charge is 2.48. The number of amides is 1. The number of carbonyl (C=O) groups is 2. The van der Waals surface area contributed by atoms with Crippen LogP contribution in [0.5, 0.6) is 0 Å². The third-order valence-electron chi connectivity index (χ3n) is 7.10. The van der Waals surface area contributed by atoms with E-state index >= 15 is 0 Å². The number of nitrogens with zero attached hydrogens (tertiary/aromatic N) is 3. The maximum absolute atomic E-state index is 13.6. The van der Waals surface area contributed by atoms with Crippen molar-refractivity contribution in [2.24, 2.45) is 0 Å². The quantitative estimate of drug-likeness (QED) is 0.0790. The van der Waals surface area contributed by atoms with E-state index in [0.29, 0.717) is 31.4 Å². The minimum Gasteiger partial charge on any atom is -0.507 e. The van der Waals surface area contributed by atoms with Gasteiger partial charge in [-0.25, -0.2) is 0 Å². The fraction of sp³-hybridized carbons (Fsp3) is 0.250. The van der Waals surface area contributed by atoms with Crippen LogP contribution in [0.15, 0.2) is 76.6 Å². The minimum absolute atomic E-state index is 0.0349. The first kappa shape index (κ1) is 29.0. The number of rotatable bonds is 6. The number of ketones is 1. The second-order valence-corrected chi connectivity index (χ2v) is 13.7. The zero-order chi connectivity index (χ0) is 29.5. The van der Waals surface area contributed by atoms with Gasteiger partial charge in [-0.15, -0.1) is 10.2 Å². The first-order valence-electron chi connectivity index (χ1n) is 13.1. The molecule has 4 aromatic rings. The SMILES string of the molecule is Cc1ccc(C)c(C(O)=C2C(=O)C(=O)N(c3nnc(SCc4ccccc4Cl)s3)C2c2ccc(C(C)(C)C)cc2)c1. The Morgan fingerprint density at radius 1 is 1.02 bits per heavy atom. The second kappa shape index (κ2) is 11.4. The van der Waals surface area contributed by atoms with Gasteiger partial charge in [0.15, 0.2) is 4.34 Å². The van der Waals surface area contributed by atoms with Crippen LogP contribution in [0.1, 0.15) is 60.2 Å². The molecule has 0 aliphatic carbocycles. The third-order valence-corrected chi connectivity index (χ3v) is 9.57. The highest BCUT2D eigenvalue weighted by atomic mass is 35.5. The van der Waals surface area contributed by atoms with Gasteiger partial charge < -0.3 is 5.11 Å². The van der Waals surface area contributed by atoms with Gasteiger partial charge in [0.1, 0.15) is 5.76 Å². The Bertz CT molecular complexity index is 1670. The van der Waals surface area contributed by atoms with E-state index < -0.39 is 17.7 Å². The standard InChI is InChI=1S/C32H30ClN3O3S2/c1-18-10-11-19(2)23(16-18)27(37)25-26(20-12-14-22(15-13-20)32(3,4)5)36(29(39)28(25)38)30-34-35-31(41-30)40-17-21-8-6-7-9-24(21)33/h6-16,26,37H,17H2,1-5H3. The number of halogens is 1. The lowest BCUT2D eigenvalue weighted by Gasteiger charge is -2.24. The summed E-state index contributed by atoms with van der Waals surface area (Å²) in [6, 6.07) is 20.2. The van der Waals surface area contributed by atoms with Crippen molar-refractivity contribution in [2.75, 3.05) is 4.90 Å². The van der Waals surface area contributed by atoms with Crippen molar-refractivity contribution in [3.05, 3.63) is 111 Å². The van der Waals surface area contributed by atoms with Crippen LogP contribution in [0, 0.1) is 13.8 Å². The van der Waals surface area contributed by atoms with Crippen molar-refractivity contribution >= 4 is 57.3 Å². The summed E-state index contributed by atoms with van der Waals surface area (Å²) < 4.78 is 0.637. The molecule has 1 aliphatic heterocycles. The average molecular weight is 604 g/mol. The molecule has 1 aliphatic rings. The molecule has 2 heterocycles. The van der Waals surface area contributed by atoms with Gasteiger partial charge in [-0.3, -0.25) is 14.5 Å². The highest BCUT2D eigenvalue weighted by Crippen LogP contribution is 2.45. The number of hydrogen-bond donors (Lipinski definition) is 1. The number of anilines is 1. The van der Waals surface area contributed by atoms with Gasteiger partial charge in [0.05, 0.1) is 11.6 Å². The third kappa shape index (κ3) is 5.82. The number of thioether (sulfide) groups is 1. The molecule has 1 N–H and O–H groups in total. The van der Waals surface area contributed by atoms with Gasteiger partial charge in [-0.05, 0) is 53.6 Å². The van der Waals surface area contributed by atoms with E-state index in [1.165, 1.54) is 28.0 Å². The average Bonchev–Trinajstić information content (AvgIpc) is 3.50. The van der Waals surface area contributed by atoms with Crippen LogP contribution in [0.3, 0.4) is 0 Å². The molecule has 210 valence electrons. The van der Waals surface area contributed by atoms with Gasteiger partial charge in [0.25, 0.3) is 5.78 Å². The molecule has 1 saturated heterocycles. The Hall–Kier alpha value is -3.46. The van der Waals surface area contributed by atoms with Crippen LogP contribution in [0.25, 0.3) is 5.76 Å². The number of aryl methyl sites for hydroxylation is 2. The molecular formula is C32H30ClN3O3S2. The lowest BCUT2D eigenvalue weighted by atomic mass is 9.85. The fourth-order valence-electron chi connectivity index (χ4n) is 4.76. The van der Waals surface area contributed by atoms with E-state index in [9.17, 15) is 14.7 Å². The van der Waals surface area contributed by atoms with Gasteiger partial charge in [-0.2, -0.15) is 0 Å². The first-order valence-corrected chi connectivity index (χ1v) is 15.3. The molecule has 1 atom stereocenters. The Kier molecular flexibility index (Phi) is 8.10. The number of aliphatic hydroxyl groups excluding tert-OH is 1. The maximum atomic E-state index is 13.6. The van der Waals surface area contributed by atoms with E-state index in [-0.39, 0.29) is 16.7 Å². The molecule has 0 bridgehead atoms. The van der Waals surface area contributed by atoms with Crippen LogP contribution in [0.2, 0.25) is 5.02 Å². The summed E-state index contributed by atoms with van der Waals surface area (Å²) in [4.78, 5) is 28.5. The smallest absolute Gasteiger partial charge is 0.301 e. The van der Waals surface area contributed by atoms with Crippen molar-refractivity contribution in [1.82, 2.24) is 10.2 Å². The molecule has 9 heteroatoms.